The summed E-state index contributed by atoms with van der Waals surface area (Å²) in [4.78, 5) is 17.0. The zero-order chi connectivity index (χ0) is 15.7. The van der Waals surface area contributed by atoms with Crippen LogP contribution >= 0.6 is 11.3 Å². The number of methoxy groups -OCH3 is 1. The van der Waals surface area contributed by atoms with Gasteiger partial charge in [-0.05, 0) is 25.1 Å². The van der Waals surface area contributed by atoms with Gasteiger partial charge in [-0.15, -0.1) is 11.3 Å². The van der Waals surface area contributed by atoms with Gasteiger partial charge in [0.1, 0.15) is 5.75 Å². The van der Waals surface area contributed by atoms with Crippen molar-refractivity contribution in [3.8, 4) is 5.75 Å². The molecular formula is C16H17N3O2S. The summed E-state index contributed by atoms with van der Waals surface area (Å²) < 4.78 is 7.27. The average molecular weight is 315 g/mol. The number of pyridine rings is 1. The Labute approximate surface area is 132 Å². The number of rotatable bonds is 4. The number of anilines is 1. The minimum atomic E-state index is 0.0357. The Kier molecular flexibility index (Phi) is 3.85. The number of aromatic nitrogens is 2. The predicted molar refractivity (Wildman–Crippen MR) is 89.9 cm³/mol. The van der Waals surface area contributed by atoms with Crippen LogP contribution in [0.3, 0.4) is 0 Å². The molecule has 0 atom stereocenters. The molecule has 0 fully saturated rings. The summed E-state index contributed by atoms with van der Waals surface area (Å²) in [6.45, 7) is 2.42. The molecule has 2 aromatic heterocycles. The van der Waals surface area contributed by atoms with Crippen LogP contribution in [0.5, 0.6) is 5.75 Å². The van der Waals surface area contributed by atoms with Gasteiger partial charge < -0.3 is 14.6 Å². The molecule has 0 aliphatic rings. The number of hydrogen-bond acceptors (Lipinski definition) is 5. The van der Waals surface area contributed by atoms with Gasteiger partial charge in [-0.1, -0.05) is 0 Å². The Morgan fingerprint density at radius 1 is 1.41 bits per heavy atom. The number of hydrogen-bond donors (Lipinski definition) is 1. The SMILES string of the molecule is COc1ccc2c(c1)c(=O)c(CNc1nccs1)c(C)n2C. The van der Waals surface area contributed by atoms with Gasteiger partial charge >= 0.3 is 0 Å². The largest absolute Gasteiger partial charge is 0.497 e. The van der Waals surface area contributed by atoms with Crippen LogP contribution in [0.2, 0.25) is 0 Å². The van der Waals surface area contributed by atoms with Crippen molar-refractivity contribution in [2.75, 3.05) is 12.4 Å². The monoisotopic (exact) mass is 315 g/mol. The van der Waals surface area contributed by atoms with Gasteiger partial charge in [0.25, 0.3) is 0 Å². The van der Waals surface area contributed by atoms with Gasteiger partial charge in [0.2, 0.25) is 0 Å². The molecule has 1 N–H and O–H groups in total. The Morgan fingerprint density at radius 3 is 2.91 bits per heavy atom. The van der Waals surface area contributed by atoms with E-state index in [0.29, 0.717) is 17.7 Å². The van der Waals surface area contributed by atoms with Gasteiger partial charge in [0, 0.05) is 41.8 Å². The maximum atomic E-state index is 12.8. The third-order valence-electron chi connectivity index (χ3n) is 3.87. The lowest BCUT2D eigenvalue weighted by molar-refractivity contribution is 0.415. The summed E-state index contributed by atoms with van der Waals surface area (Å²) in [5.74, 6) is 0.687. The maximum absolute atomic E-state index is 12.8. The Balaban J connectivity index is 2.10. The highest BCUT2D eigenvalue weighted by Crippen LogP contribution is 2.21. The highest BCUT2D eigenvalue weighted by Gasteiger charge is 2.13. The number of aryl methyl sites for hydroxylation is 1. The van der Waals surface area contributed by atoms with Gasteiger partial charge in [-0.3, -0.25) is 4.79 Å². The molecule has 3 rings (SSSR count). The van der Waals surface area contributed by atoms with E-state index in [2.05, 4.69) is 10.3 Å². The summed E-state index contributed by atoms with van der Waals surface area (Å²) in [5.41, 5.74) is 2.64. The fourth-order valence-corrected chi connectivity index (χ4v) is 3.04. The van der Waals surface area contributed by atoms with Crippen LogP contribution in [0, 0.1) is 6.92 Å². The van der Waals surface area contributed by atoms with Crippen molar-refractivity contribution >= 4 is 27.4 Å². The molecule has 1 aromatic carbocycles. The molecule has 0 radical (unpaired) electrons. The van der Waals surface area contributed by atoms with E-state index in [4.69, 9.17) is 4.74 Å². The first-order valence-corrected chi connectivity index (χ1v) is 7.79. The van der Waals surface area contributed by atoms with Gasteiger partial charge in [0.15, 0.2) is 10.6 Å². The number of thiazole rings is 1. The van der Waals surface area contributed by atoms with E-state index >= 15 is 0 Å². The Bertz CT molecular complexity index is 869. The van der Waals surface area contributed by atoms with Crippen LogP contribution in [-0.2, 0) is 13.6 Å². The second kappa shape index (κ2) is 5.81. The van der Waals surface area contributed by atoms with Crippen molar-refractivity contribution in [2.24, 2.45) is 7.05 Å². The van der Waals surface area contributed by atoms with Crippen molar-refractivity contribution in [2.45, 2.75) is 13.5 Å². The summed E-state index contributed by atoms with van der Waals surface area (Å²) in [7, 11) is 3.57. The lowest BCUT2D eigenvalue weighted by Gasteiger charge is -2.15. The van der Waals surface area contributed by atoms with Crippen molar-refractivity contribution in [1.29, 1.82) is 0 Å². The first kappa shape index (κ1) is 14.6. The van der Waals surface area contributed by atoms with Crippen LogP contribution in [0.4, 0.5) is 5.13 Å². The quantitative estimate of drug-likeness (QED) is 0.804. The molecule has 5 nitrogen and oxygen atoms in total. The van der Waals surface area contributed by atoms with E-state index in [-0.39, 0.29) is 5.43 Å². The summed E-state index contributed by atoms with van der Waals surface area (Å²) in [6, 6.07) is 5.58. The summed E-state index contributed by atoms with van der Waals surface area (Å²) >= 11 is 1.52. The molecular weight excluding hydrogens is 298 g/mol. The second-order valence-electron chi connectivity index (χ2n) is 5.03. The molecule has 22 heavy (non-hydrogen) atoms. The fourth-order valence-electron chi connectivity index (χ4n) is 2.51. The normalized spacial score (nSPS) is 10.9. The zero-order valence-corrected chi connectivity index (χ0v) is 13.5. The molecule has 0 amide bonds. The maximum Gasteiger partial charge on any atom is 0.194 e. The molecule has 114 valence electrons. The average Bonchev–Trinajstić information content (AvgIpc) is 3.05. The van der Waals surface area contributed by atoms with E-state index in [9.17, 15) is 4.79 Å². The van der Waals surface area contributed by atoms with Crippen molar-refractivity contribution < 1.29 is 4.74 Å². The molecule has 0 bridgehead atoms. The third-order valence-corrected chi connectivity index (χ3v) is 4.60. The zero-order valence-electron chi connectivity index (χ0n) is 12.7. The van der Waals surface area contributed by atoms with Gasteiger partial charge in [0.05, 0.1) is 12.6 Å². The summed E-state index contributed by atoms with van der Waals surface area (Å²) in [6.07, 6.45) is 1.74. The number of nitrogens with one attached hydrogen (secondary N) is 1. The van der Waals surface area contributed by atoms with E-state index in [0.717, 1.165) is 21.9 Å². The molecule has 0 spiro atoms. The van der Waals surface area contributed by atoms with Crippen LogP contribution < -0.4 is 15.5 Å². The number of fused-ring (bicyclic) bond motifs is 1. The van der Waals surface area contributed by atoms with E-state index in [1.807, 2.05) is 36.1 Å². The number of ether oxygens (including phenoxy) is 1. The first-order valence-electron chi connectivity index (χ1n) is 6.91. The fraction of sp³-hybridized carbons (Fsp3) is 0.250. The standard InChI is InChI=1S/C16H17N3O2S/c1-10-13(9-18-16-17-6-7-22-16)15(20)12-8-11(21-3)4-5-14(12)19(10)2/h4-8H,9H2,1-3H3,(H,17,18). The van der Waals surface area contributed by atoms with E-state index in [1.165, 1.54) is 11.3 Å². The van der Waals surface area contributed by atoms with E-state index in [1.54, 1.807) is 19.4 Å². The Morgan fingerprint density at radius 2 is 2.23 bits per heavy atom. The molecule has 0 aliphatic carbocycles. The van der Waals surface area contributed by atoms with E-state index < -0.39 is 0 Å². The molecule has 0 saturated heterocycles. The third kappa shape index (κ3) is 2.46. The molecule has 3 aromatic rings. The van der Waals surface area contributed by atoms with Crippen LogP contribution in [0.25, 0.3) is 10.9 Å². The number of nitrogens with zero attached hydrogens (tertiary/aromatic N) is 2. The Hall–Kier alpha value is -2.34. The lowest BCUT2D eigenvalue weighted by Crippen LogP contribution is -2.20. The topological polar surface area (TPSA) is 56.1 Å². The van der Waals surface area contributed by atoms with Gasteiger partial charge in [-0.2, -0.15) is 0 Å². The minimum Gasteiger partial charge on any atom is -0.497 e. The predicted octanol–water partition coefficient (Wildman–Crippen LogP) is 2.92. The summed E-state index contributed by atoms with van der Waals surface area (Å²) in [5, 5.41) is 6.59. The minimum absolute atomic E-state index is 0.0357. The first-order chi connectivity index (χ1) is 10.6. The van der Waals surface area contributed by atoms with Crippen LogP contribution in [0.1, 0.15) is 11.3 Å². The molecule has 0 unspecified atom stereocenters. The van der Waals surface area contributed by atoms with Gasteiger partial charge in [-0.25, -0.2) is 4.98 Å². The van der Waals surface area contributed by atoms with Crippen LogP contribution in [0.15, 0.2) is 34.6 Å². The smallest absolute Gasteiger partial charge is 0.194 e. The van der Waals surface area contributed by atoms with Crippen molar-refractivity contribution in [1.82, 2.24) is 9.55 Å². The molecule has 6 heteroatoms. The van der Waals surface area contributed by atoms with Crippen molar-refractivity contribution in [3.05, 3.63) is 51.3 Å². The highest BCUT2D eigenvalue weighted by atomic mass is 32.1. The highest BCUT2D eigenvalue weighted by molar-refractivity contribution is 7.13. The molecule has 2 heterocycles. The van der Waals surface area contributed by atoms with Crippen LogP contribution in [-0.4, -0.2) is 16.7 Å². The second-order valence-corrected chi connectivity index (χ2v) is 5.92. The molecule has 0 saturated carbocycles. The molecule has 0 aliphatic heterocycles. The number of benzene rings is 1. The lowest BCUT2D eigenvalue weighted by atomic mass is 10.1. The van der Waals surface area contributed by atoms with Crippen molar-refractivity contribution in [3.63, 3.8) is 0 Å².